The molecule has 168 valence electrons. The van der Waals surface area contributed by atoms with Crippen molar-refractivity contribution >= 4 is 45.2 Å². The first kappa shape index (κ1) is 21.6. The van der Waals surface area contributed by atoms with Crippen molar-refractivity contribution in [2.75, 3.05) is 16.0 Å². The predicted octanol–water partition coefficient (Wildman–Crippen LogP) is 6.24. The van der Waals surface area contributed by atoms with Gasteiger partial charge in [-0.25, -0.2) is 0 Å². The highest BCUT2D eigenvalue weighted by Crippen LogP contribution is 2.28. The van der Waals surface area contributed by atoms with Crippen molar-refractivity contribution in [3.8, 4) is 6.07 Å². The molecule has 0 spiro atoms. The number of hydrogen-bond donors (Lipinski definition) is 3. The van der Waals surface area contributed by atoms with Crippen LogP contribution in [0.1, 0.15) is 15.9 Å². The Bertz CT molecular complexity index is 1520. The summed E-state index contributed by atoms with van der Waals surface area (Å²) in [4.78, 5) is 21.1. The smallest absolute Gasteiger partial charge is 0.255 e. The Hall–Kier alpha value is -5.22. The molecular formula is C28H20N6O. The Morgan fingerprint density at radius 1 is 0.714 bits per heavy atom. The number of aromatic nitrogens is 2. The molecule has 2 aromatic heterocycles. The number of benzene rings is 3. The molecular weight excluding hydrogens is 436 g/mol. The number of amides is 1. The summed E-state index contributed by atoms with van der Waals surface area (Å²) in [7, 11) is 0. The topological polar surface area (TPSA) is 103 Å². The third-order valence-electron chi connectivity index (χ3n) is 5.42. The van der Waals surface area contributed by atoms with E-state index in [4.69, 9.17) is 0 Å². The zero-order valence-electron chi connectivity index (χ0n) is 18.6. The van der Waals surface area contributed by atoms with Gasteiger partial charge in [-0.05, 0) is 78.9 Å². The lowest BCUT2D eigenvalue weighted by atomic mass is 10.1. The van der Waals surface area contributed by atoms with Crippen molar-refractivity contribution in [2.24, 2.45) is 0 Å². The third-order valence-corrected chi connectivity index (χ3v) is 5.42. The fourth-order valence-electron chi connectivity index (χ4n) is 3.71. The van der Waals surface area contributed by atoms with E-state index >= 15 is 0 Å². The summed E-state index contributed by atoms with van der Waals surface area (Å²) < 4.78 is 0. The van der Waals surface area contributed by atoms with E-state index in [0.29, 0.717) is 16.8 Å². The summed E-state index contributed by atoms with van der Waals surface area (Å²) in [5.74, 6) is -0.201. The second-order valence-corrected chi connectivity index (χ2v) is 7.76. The lowest BCUT2D eigenvalue weighted by Gasteiger charge is -2.11. The standard InChI is InChI=1S/C28H20N6O/c29-18-20-2-1-3-25-27(20)26(14-17-31-25)33-22-6-4-19(5-7-22)28(35)34-23-10-8-21(9-11-23)32-24-12-15-30-16-13-24/h1-17H,(H,30,32)(H,31,33)(H,34,35). The summed E-state index contributed by atoms with van der Waals surface area (Å²) in [5, 5.41) is 19.8. The molecule has 35 heavy (non-hydrogen) atoms. The second-order valence-electron chi connectivity index (χ2n) is 7.76. The molecule has 0 bridgehead atoms. The Balaban J connectivity index is 1.26. The van der Waals surface area contributed by atoms with Crippen LogP contribution in [0.4, 0.5) is 28.4 Å². The monoisotopic (exact) mass is 456 g/mol. The summed E-state index contributed by atoms with van der Waals surface area (Å²) in [6.45, 7) is 0. The number of nitrogens with one attached hydrogen (secondary N) is 3. The summed E-state index contributed by atoms with van der Waals surface area (Å²) >= 11 is 0. The van der Waals surface area contributed by atoms with Crippen LogP contribution in [0.3, 0.4) is 0 Å². The molecule has 2 heterocycles. The number of carbonyl (C=O) groups excluding carboxylic acids is 1. The van der Waals surface area contributed by atoms with Gasteiger partial charge < -0.3 is 16.0 Å². The third kappa shape index (κ3) is 4.92. The van der Waals surface area contributed by atoms with Gasteiger partial charge in [-0.15, -0.1) is 0 Å². The largest absolute Gasteiger partial charge is 0.355 e. The Labute approximate surface area is 202 Å². The van der Waals surface area contributed by atoms with Crippen molar-refractivity contribution in [1.82, 2.24) is 9.97 Å². The van der Waals surface area contributed by atoms with Gasteiger partial charge in [0.2, 0.25) is 0 Å². The molecule has 0 saturated carbocycles. The number of nitriles is 1. The molecule has 1 amide bonds. The van der Waals surface area contributed by atoms with Crippen LogP contribution < -0.4 is 16.0 Å². The van der Waals surface area contributed by atoms with Crippen molar-refractivity contribution in [3.05, 3.63) is 115 Å². The maximum absolute atomic E-state index is 12.7. The van der Waals surface area contributed by atoms with Crippen LogP contribution in [0.2, 0.25) is 0 Å². The van der Waals surface area contributed by atoms with Gasteiger partial charge in [0.1, 0.15) is 0 Å². The van der Waals surface area contributed by atoms with Gasteiger partial charge in [-0.1, -0.05) is 6.07 Å². The van der Waals surface area contributed by atoms with Crippen LogP contribution in [0.15, 0.2) is 104 Å². The van der Waals surface area contributed by atoms with E-state index in [1.54, 1.807) is 36.8 Å². The molecule has 7 nitrogen and oxygen atoms in total. The van der Waals surface area contributed by atoms with E-state index in [0.717, 1.165) is 33.7 Å². The van der Waals surface area contributed by atoms with Crippen molar-refractivity contribution in [2.45, 2.75) is 0 Å². The SMILES string of the molecule is N#Cc1cccc2nccc(Nc3ccc(C(=O)Nc4ccc(Nc5ccncc5)cc4)cc3)c12. The van der Waals surface area contributed by atoms with Gasteiger partial charge in [-0.3, -0.25) is 14.8 Å². The zero-order chi connectivity index (χ0) is 24.0. The van der Waals surface area contributed by atoms with E-state index < -0.39 is 0 Å². The Morgan fingerprint density at radius 2 is 1.37 bits per heavy atom. The maximum atomic E-state index is 12.7. The molecule has 0 atom stereocenters. The predicted molar refractivity (Wildman–Crippen MR) is 138 cm³/mol. The van der Waals surface area contributed by atoms with Gasteiger partial charge >= 0.3 is 0 Å². The van der Waals surface area contributed by atoms with Crippen LogP contribution >= 0.6 is 0 Å². The number of hydrogen-bond acceptors (Lipinski definition) is 6. The number of fused-ring (bicyclic) bond motifs is 1. The highest BCUT2D eigenvalue weighted by Gasteiger charge is 2.09. The minimum atomic E-state index is -0.201. The number of pyridine rings is 2. The van der Waals surface area contributed by atoms with Crippen LogP contribution in [-0.2, 0) is 0 Å². The van der Waals surface area contributed by atoms with Gasteiger partial charge in [0.25, 0.3) is 5.91 Å². The van der Waals surface area contributed by atoms with E-state index in [1.165, 1.54) is 0 Å². The molecule has 0 aliphatic rings. The lowest BCUT2D eigenvalue weighted by molar-refractivity contribution is 0.102. The summed E-state index contributed by atoms with van der Waals surface area (Å²) in [6, 6.07) is 27.9. The van der Waals surface area contributed by atoms with Crippen LogP contribution in [-0.4, -0.2) is 15.9 Å². The number of anilines is 5. The fraction of sp³-hybridized carbons (Fsp3) is 0. The molecule has 0 unspecified atom stereocenters. The number of carbonyl (C=O) groups is 1. The van der Waals surface area contributed by atoms with Crippen LogP contribution in [0.25, 0.3) is 10.9 Å². The Kier molecular flexibility index (Phi) is 6.01. The quantitative estimate of drug-likeness (QED) is 0.279. The number of rotatable bonds is 6. The van der Waals surface area contributed by atoms with E-state index in [1.807, 2.05) is 66.7 Å². The molecule has 0 saturated heterocycles. The molecule has 0 radical (unpaired) electrons. The molecule has 5 rings (SSSR count). The normalized spacial score (nSPS) is 10.4. The van der Waals surface area contributed by atoms with Crippen molar-refractivity contribution in [1.29, 1.82) is 5.26 Å². The summed E-state index contributed by atoms with van der Waals surface area (Å²) in [6.07, 6.45) is 5.15. The molecule has 0 fully saturated rings. The fourth-order valence-corrected chi connectivity index (χ4v) is 3.71. The first-order valence-corrected chi connectivity index (χ1v) is 10.9. The van der Waals surface area contributed by atoms with Gasteiger partial charge in [0, 0.05) is 52.3 Å². The average molecular weight is 457 g/mol. The van der Waals surface area contributed by atoms with E-state index in [2.05, 4.69) is 32.0 Å². The van der Waals surface area contributed by atoms with Crippen molar-refractivity contribution in [3.63, 3.8) is 0 Å². The highest BCUT2D eigenvalue weighted by atomic mass is 16.1. The molecule has 7 heteroatoms. The van der Waals surface area contributed by atoms with E-state index in [9.17, 15) is 10.1 Å². The molecule has 5 aromatic rings. The average Bonchev–Trinajstić information content (AvgIpc) is 2.90. The number of nitrogens with zero attached hydrogens (tertiary/aromatic N) is 3. The minimum Gasteiger partial charge on any atom is -0.355 e. The molecule has 0 aliphatic heterocycles. The molecule has 0 aliphatic carbocycles. The summed E-state index contributed by atoms with van der Waals surface area (Å²) in [5.41, 5.74) is 5.96. The van der Waals surface area contributed by atoms with Crippen LogP contribution in [0.5, 0.6) is 0 Å². The Morgan fingerprint density at radius 3 is 2.11 bits per heavy atom. The van der Waals surface area contributed by atoms with Gasteiger partial charge in [0.15, 0.2) is 0 Å². The van der Waals surface area contributed by atoms with Gasteiger partial charge in [0.05, 0.1) is 22.8 Å². The lowest BCUT2D eigenvalue weighted by Crippen LogP contribution is -2.11. The van der Waals surface area contributed by atoms with Crippen LogP contribution in [0, 0.1) is 11.3 Å². The minimum absolute atomic E-state index is 0.201. The zero-order valence-corrected chi connectivity index (χ0v) is 18.6. The van der Waals surface area contributed by atoms with Crippen molar-refractivity contribution < 1.29 is 4.79 Å². The van der Waals surface area contributed by atoms with E-state index in [-0.39, 0.29) is 5.91 Å². The second kappa shape index (κ2) is 9.73. The molecule has 3 aromatic carbocycles. The maximum Gasteiger partial charge on any atom is 0.255 e. The van der Waals surface area contributed by atoms with Gasteiger partial charge in [-0.2, -0.15) is 5.26 Å². The first-order chi connectivity index (χ1) is 17.2. The first-order valence-electron chi connectivity index (χ1n) is 10.9. The highest BCUT2D eigenvalue weighted by molar-refractivity contribution is 6.04. The molecule has 3 N–H and O–H groups in total.